The van der Waals surface area contributed by atoms with Gasteiger partial charge in [0.05, 0.1) is 20.5 Å². The zero-order chi connectivity index (χ0) is 15.7. The molecule has 2 aromatic rings. The van der Waals surface area contributed by atoms with E-state index in [0.29, 0.717) is 11.5 Å². The fraction of sp³-hybridized carbons (Fsp3) is 0.176. The van der Waals surface area contributed by atoms with Crippen LogP contribution in [0.25, 0.3) is 5.70 Å². The Morgan fingerprint density at radius 2 is 2.09 bits per heavy atom. The van der Waals surface area contributed by atoms with Crippen molar-refractivity contribution in [3.63, 3.8) is 0 Å². The average molecular weight is 309 g/mol. The Hall–Kier alpha value is -2.42. The Kier molecular flexibility index (Phi) is 3.80. The van der Waals surface area contributed by atoms with E-state index in [0.717, 1.165) is 20.3 Å². The highest BCUT2D eigenvalue weighted by atomic mass is 32.1. The fourth-order valence-electron chi connectivity index (χ4n) is 2.43. The predicted molar refractivity (Wildman–Crippen MR) is 88.4 cm³/mol. The van der Waals surface area contributed by atoms with E-state index in [2.05, 4.69) is 15.9 Å². The summed E-state index contributed by atoms with van der Waals surface area (Å²) in [6.07, 6.45) is 5.52. The molecule has 1 N–H and O–H groups in total. The Morgan fingerprint density at radius 1 is 1.36 bits per heavy atom. The van der Waals surface area contributed by atoms with E-state index in [-0.39, 0.29) is 6.04 Å². The molecule has 22 heavy (non-hydrogen) atoms. The van der Waals surface area contributed by atoms with Gasteiger partial charge in [-0.2, -0.15) is 0 Å². The maximum Gasteiger partial charge on any atom is 0.148 e. The maximum atomic E-state index is 10.7. The van der Waals surface area contributed by atoms with E-state index in [1.54, 1.807) is 7.05 Å². The average Bonchev–Trinajstić information content (AvgIpc) is 2.92. The summed E-state index contributed by atoms with van der Waals surface area (Å²) < 4.78 is 0.854. The van der Waals surface area contributed by atoms with Crippen molar-refractivity contribution in [2.45, 2.75) is 13.0 Å². The molecule has 1 aromatic carbocycles. The third-order valence-corrected chi connectivity index (χ3v) is 4.61. The summed E-state index contributed by atoms with van der Waals surface area (Å²) in [5.41, 5.74) is 1.62. The van der Waals surface area contributed by atoms with Gasteiger partial charge in [-0.05, 0) is 13.0 Å². The molecule has 0 spiro atoms. The van der Waals surface area contributed by atoms with Gasteiger partial charge >= 0.3 is 0 Å². The lowest BCUT2D eigenvalue weighted by atomic mass is 10.1. The third kappa shape index (κ3) is 2.33. The lowest BCUT2D eigenvalue weighted by Crippen LogP contribution is -2.35. The highest BCUT2D eigenvalue weighted by molar-refractivity contribution is 7.10. The summed E-state index contributed by atoms with van der Waals surface area (Å²) >= 11 is 1.45. The van der Waals surface area contributed by atoms with Gasteiger partial charge in [-0.25, -0.2) is 10.1 Å². The highest BCUT2D eigenvalue weighted by Gasteiger charge is 2.25. The van der Waals surface area contributed by atoms with Crippen molar-refractivity contribution in [1.29, 1.82) is 0 Å². The molecule has 0 bridgehead atoms. The van der Waals surface area contributed by atoms with Gasteiger partial charge in [-0.3, -0.25) is 10.2 Å². The van der Waals surface area contributed by atoms with Gasteiger partial charge in [0.25, 0.3) is 0 Å². The number of benzene rings is 1. The van der Waals surface area contributed by atoms with Gasteiger partial charge < -0.3 is 0 Å². The lowest BCUT2D eigenvalue weighted by molar-refractivity contribution is -0.0403. The van der Waals surface area contributed by atoms with Crippen LogP contribution in [-0.4, -0.2) is 29.2 Å². The molecule has 1 aliphatic rings. The number of thiophene rings is 1. The second kappa shape index (κ2) is 5.76. The highest BCUT2D eigenvalue weighted by Crippen LogP contribution is 2.20. The molecule has 1 atom stereocenters. The van der Waals surface area contributed by atoms with Gasteiger partial charge in [0.15, 0.2) is 0 Å². The van der Waals surface area contributed by atoms with Crippen molar-refractivity contribution in [2.24, 2.45) is 9.98 Å². The number of nitrogens with zero attached hydrogens (tertiary/aromatic N) is 3. The summed E-state index contributed by atoms with van der Waals surface area (Å²) in [4.78, 5) is 9.54. The summed E-state index contributed by atoms with van der Waals surface area (Å²) in [6, 6.07) is 11.3. The molecule has 1 unspecified atom stereocenters. The minimum Gasteiger partial charge on any atom is -0.288 e. The number of hydrogen-bond acceptors (Lipinski definition) is 4. The van der Waals surface area contributed by atoms with Crippen LogP contribution in [0.4, 0.5) is 0 Å². The normalized spacial score (nSPS) is 19.4. The molecule has 110 valence electrons. The molecule has 0 aliphatic carbocycles. The first kappa shape index (κ1) is 14.5. The molecule has 3 rings (SSSR count). The van der Waals surface area contributed by atoms with E-state index in [1.807, 2.05) is 43.3 Å². The molecular formula is C17H15N3OS. The van der Waals surface area contributed by atoms with Crippen LogP contribution in [0.15, 0.2) is 46.4 Å². The largest absolute Gasteiger partial charge is 0.288 e. The second-order valence-electron chi connectivity index (χ2n) is 4.90. The van der Waals surface area contributed by atoms with Crippen molar-refractivity contribution < 1.29 is 5.21 Å². The van der Waals surface area contributed by atoms with Crippen LogP contribution >= 0.6 is 11.3 Å². The molecule has 1 aliphatic heterocycles. The number of amidine groups is 1. The van der Waals surface area contributed by atoms with E-state index in [9.17, 15) is 5.21 Å². The SMILES string of the molecule is C#Cc1cc2c(s1)=C(c1ccccc1)N(O)C(C)C(=NC)N=2. The molecule has 0 amide bonds. The van der Waals surface area contributed by atoms with Crippen molar-refractivity contribution in [3.8, 4) is 12.3 Å². The number of hydrogen-bond donors (Lipinski definition) is 1. The lowest BCUT2D eigenvalue weighted by Gasteiger charge is -2.25. The standard InChI is InChI=1S/C17H15N3OS/c1-4-13-10-14-16(22-13)15(12-8-6-5-7-9-12)20(21)11(2)17(18-3)19-14/h1,5-11,21H,2-3H3. The minimum absolute atomic E-state index is 0.339. The zero-order valence-corrected chi connectivity index (χ0v) is 13.1. The first-order chi connectivity index (χ1) is 10.7. The molecule has 2 heterocycles. The van der Waals surface area contributed by atoms with Crippen LogP contribution in [0, 0.1) is 12.3 Å². The number of terminal acetylenes is 1. The molecule has 0 saturated carbocycles. The molecule has 0 saturated heterocycles. The van der Waals surface area contributed by atoms with Gasteiger partial charge in [0.2, 0.25) is 0 Å². The monoisotopic (exact) mass is 309 g/mol. The van der Waals surface area contributed by atoms with Crippen LogP contribution in [0.5, 0.6) is 0 Å². The first-order valence-electron chi connectivity index (χ1n) is 6.85. The maximum absolute atomic E-state index is 10.7. The van der Waals surface area contributed by atoms with Crippen LogP contribution in [0.2, 0.25) is 0 Å². The van der Waals surface area contributed by atoms with Gasteiger partial charge in [0, 0.05) is 12.6 Å². The number of rotatable bonds is 1. The first-order valence-corrected chi connectivity index (χ1v) is 7.67. The van der Waals surface area contributed by atoms with E-state index in [4.69, 9.17) is 6.42 Å². The number of hydroxylamine groups is 2. The molecular weight excluding hydrogens is 294 g/mol. The molecule has 4 nitrogen and oxygen atoms in total. The van der Waals surface area contributed by atoms with Crippen molar-refractivity contribution in [3.05, 3.63) is 56.7 Å². The van der Waals surface area contributed by atoms with Crippen LogP contribution < -0.4 is 9.89 Å². The third-order valence-electron chi connectivity index (χ3n) is 3.55. The molecule has 0 radical (unpaired) electrons. The minimum atomic E-state index is -0.339. The summed E-state index contributed by atoms with van der Waals surface area (Å²) in [5, 5.41) is 12.7. The summed E-state index contributed by atoms with van der Waals surface area (Å²) in [6.45, 7) is 1.87. The topological polar surface area (TPSA) is 48.2 Å². The smallest absolute Gasteiger partial charge is 0.148 e. The van der Waals surface area contributed by atoms with E-state index >= 15 is 0 Å². The summed E-state index contributed by atoms with van der Waals surface area (Å²) in [7, 11) is 1.67. The van der Waals surface area contributed by atoms with Crippen molar-refractivity contribution in [1.82, 2.24) is 5.06 Å². The predicted octanol–water partition coefficient (Wildman–Crippen LogP) is 1.63. The fourth-order valence-corrected chi connectivity index (χ4v) is 3.39. The second-order valence-corrected chi connectivity index (χ2v) is 5.95. The molecule has 0 fully saturated rings. The van der Waals surface area contributed by atoms with Gasteiger partial charge in [0.1, 0.15) is 11.9 Å². The Bertz CT molecular complexity index is 890. The summed E-state index contributed by atoms with van der Waals surface area (Å²) in [5.74, 6) is 3.21. The van der Waals surface area contributed by atoms with Gasteiger partial charge in [-0.15, -0.1) is 17.8 Å². The van der Waals surface area contributed by atoms with Gasteiger partial charge in [-0.1, -0.05) is 36.3 Å². The van der Waals surface area contributed by atoms with E-state index in [1.165, 1.54) is 16.4 Å². The van der Waals surface area contributed by atoms with Crippen LogP contribution in [0.1, 0.15) is 17.4 Å². The Morgan fingerprint density at radius 3 is 2.73 bits per heavy atom. The van der Waals surface area contributed by atoms with Crippen molar-refractivity contribution in [2.75, 3.05) is 7.05 Å². The van der Waals surface area contributed by atoms with Crippen LogP contribution in [0.3, 0.4) is 0 Å². The Labute approximate surface area is 132 Å². The zero-order valence-electron chi connectivity index (χ0n) is 12.3. The number of aliphatic imine (C=N–C) groups is 1. The van der Waals surface area contributed by atoms with Crippen molar-refractivity contribution >= 4 is 22.9 Å². The number of fused-ring (bicyclic) bond motifs is 1. The van der Waals surface area contributed by atoms with Crippen LogP contribution in [-0.2, 0) is 0 Å². The molecule has 5 heteroatoms. The Balaban J connectivity index is 2.43. The quantitative estimate of drug-likeness (QED) is 0.814. The van der Waals surface area contributed by atoms with E-state index < -0.39 is 0 Å². The molecule has 1 aromatic heterocycles.